The Morgan fingerprint density at radius 3 is 1.72 bits per heavy atom. The summed E-state index contributed by atoms with van der Waals surface area (Å²) in [4.78, 5) is 0. The first kappa shape index (κ1) is 28.0. The molecule has 0 radical (unpaired) electrons. The zero-order valence-electron chi connectivity index (χ0n) is 25.0. The second kappa shape index (κ2) is 12.1. The molecule has 4 bridgehead atoms. The highest BCUT2D eigenvalue weighted by atomic mass is 16.7. The maximum absolute atomic E-state index is 7.25. The fourth-order valence-electron chi connectivity index (χ4n) is 9.18. The lowest BCUT2D eigenvalue weighted by Gasteiger charge is -2.58. The van der Waals surface area contributed by atoms with Crippen molar-refractivity contribution >= 4 is 0 Å². The fourth-order valence-corrected chi connectivity index (χ4v) is 9.18. The third kappa shape index (κ3) is 5.95. The molecule has 4 aliphatic carbocycles. The molecule has 6 fully saturated rings. The number of hydrogen-bond acceptors (Lipinski definition) is 5. The van der Waals surface area contributed by atoms with Gasteiger partial charge in [0.2, 0.25) is 0 Å². The highest BCUT2D eigenvalue weighted by Gasteiger charge is 2.57. The predicted octanol–water partition coefficient (Wildman–Crippen LogP) is 7.79. The fraction of sp³-hybridized carbons (Fsp3) is 0.526. The van der Waals surface area contributed by atoms with Crippen LogP contribution in [0.15, 0.2) is 91.0 Å². The molecule has 5 nitrogen and oxygen atoms in total. The summed E-state index contributed by atoms with van der Waals surface area (Å²) in [5.41, 5.74) is 3.37. The van der Waals surface area contributed by atoms with Crippen molar-refractivity contribution in [3.05, 3.63) is 108 Å². The Kier molecular flexibility index (Phi) is 7.87. The van der Waals surface area contributed by atoms with E-state index in [4.69, 9.17) is 23.7 Å². The molecule has 5 heteroatoms. The molecular weight excluding hydrogens is 536 g/mol. The molecule has 4 saturated carbocycles. The highest BCUT2D eigenvalue weighted by Crippen LogP contribution is 2.58. The van der Waals surface area contributed by atoms with E-state index in [1.807, 2.05) is 12.1 Å². The van der Waals surface area contributed by atoms with Crippen LogP contribution in [0.3, 0.4) is 0 Å². The van der Waals surface area contributed by atoms with Crippen molar-refractivity contribution in [1.29, 1.82) is 0 Å². The average Bonchev–Trinajstić information content (AvgIpc) is 3.03. The minimum absolute atomic E-state index is 0.00395. The predicted molar refractivity (Wildman–Crippen MR) is 164 cm³/mol. The maximum atomic E-state index is 7.25. The number of rotatable bonds is 9. The van der Waals surface area contributed by atoms with E-state index in [9.17, 15) is 0 Å². The maximum Gasteiger partial charge on any atom is 0.187 e. The van der Waals surface area contributed by atoms with Gasteiger partial charge in [-0.1, -0.05) is 91.0 Å². The summed E-state index contributed by atoms with van der Waals surface area (Å²) in [5.74, 6) is 2.38. The van der Waals surface area contributed by atoms with Crippen molar-refractivity contribution in [2.45, 2.75) is 107 Å². The number of benzene rings is 3. The van der Waals surface area contributed by atoms with Crippen molar-refractivity contribution in [3.8, 4) is 0 Å². The summed E-state index contributed by atoms with van der Waals surface area (Å²) in [6, 6.07) is 31.4. The third-order valence-corrected chi connectivity index (χ3v) is 10.7. The molecule has 43 heavy (non-hydrogen) atoms. The van der Waals surface area contributed by atoms with Crippen LogP contribution in [0.2, 0.25) is 0 Å². The lowest BCUT2D eigenvalue weighted by atomic mass is 9.54. The van der Waals surface area contributed by atoms with Crippen LogP contribution in [0.4, 0.5) is 0 Å². The van der Waals surface area contributed by atoms with Crippen LogP contribution in [0.1, 0.15) is 74.2 Å². The zero-order valence-corrected chi connectivity index (χ0v) is 25.0. The summed E-state index contributed by atoms with van der Waals surface area (Å²) in [7, 11) is 0. The van der Waals surface area contributed by atoms with Crippen LogP contribution in [0.5, 0.6) is 0 Å². The van der Waals surface area contributed by atoms with Gasteiger partial charge in [-0.25, -0.2) is 0 Å². The summed E-state index contributed by atoms with van der Waals surface area (Å²) in [5, 5.41) is 0. The molecule has 3 aromatic carbocycles. The van der Waals surface area contributed by atoms with E-state index >= 15 is 0 Å². The van der Waals surface area contributed by atoms with Crippen LogP contribution in [0, 0.1) is 17.8 Å². The van der Waals surface area contributed by atoms with Gasteiger partial charge in [0.15, 0.2) is 6.29 Å². The lowest BCUT2D eigenvalue weighted by Crippen LogP contribution is -2.64. The van der Waals surface area contributed by atoms with Gasteiger partial charge in [0.05, 0.1) is 31.0 Å². The largest absolute Gasteiger partial charge is 0.368 e. The summed E-state index contributed by atoms with van der Waals surface area (Å²) in [6.45, 7) is 0.962. The van der Waals surface area contributed by atoms with E-state index in [0.717, 1.165) is 61.0 Å². The number of ether oxygens (including phenoxy) is 5. The van der Waals surface area contributed by atoms with Crippen molar-refractivity contribution in [2.24, 2.45) is 17.8 Å². The van der Waals surface area contributed by atoms with Gasteiger partial charge < -0.3 is 23.7 Å². The SMILES string of the molecule is c1ccc(CO[C@@H]2[C@H](OCc3ccccc3)[C@@H](OC34CC5CC(CC(C5)C3)C4)O[C@@H]3CC[C@@H](c4ccccc4)O[C@@H]23)cc1. The van der Waals surface area contributed by atoms with Crippen molar-refractivity contribution in [3.63, 3.8) is 0 Å². The van der Waals surface area contributed by atoms with E-state index in [1.165, 1.54) is 24.8 Å². The van der Waals surface area contributed by atoms with Crippen molar-refractivity contribution < 1.29 is 23.7 Å². The van der Waals surface area contributed by atoms with Gasteiger partial charge >= 0.3 is 0 Å². The van der Waals surface area contributed by atoms with Gasteiger partial charge in [-0.3, -0.25) is 0 Å². The van der Waals surface area contributed by atoms with E-state index in [-0.39, 0.29) is 30.0 Å². The van der Waals surface area contributed by atoms with Crippen LogP contribution in [-0.4, -0.2) is 36.3 Å². The van der Waals surface area contributed by atoms with E-state index in [0.29, 0.717) is 13.2 Å². The van der Waals surface area contributed by atoms with Gasteiger partial charge in [0, 0.05) is 0 Å². The van der Waals surface area contributed by atoms with E-state index in [2.05, 4.69) is 78.9 Å². The Balaban J connectivity index is 1.10. The Morgan fingerprint density at radius 1 is 0.605 bits per heavy atom. The Hall–Kier alpha value is -2.54. The summed E-state index contributed by atoms with van der Waals surface area (Å²) < 4.78 is 34.8. The molecule has 0 spiro atoms. The molecule has 2 heterocycles. The van der Waals surface area contributed by atoms with Gasteiger partial charge in [-0.2, -0.15) is 0 Å². The van der Waals surface area contributed by atoms with E-state index in [1.54, 1.807) is 0 Å². The first-order chi connectivity index (χ1) is 21.2. The van der Waals surface area contributed by atoms with Crippen LogP contribution in [-0.2, 0) is 36.9 Å². The molecule has 3 aromatic rings. The summed E-state index contributed by atoms with van der Waals surface area (Å²) >= 11 is 0. The van der Waals surface area contributed by atoms with Crippen LogP contribution < -0.4 is 0 Å². The molecule has 226 valence electrons. The standard InChI is InChI=1S/C38H44O5/c1-4-10-26(11-5-1)24-39-35-34-33(17-16-32(41-34)31-14-8-3-9-15-31)42-37(36(35)40-25-27-12-6-2-7-13-27)43-38-21-28-18-29(22-38)20-30(19-28)23-38/h1-15,28-30,32-37H,16-25H2/t28?,29?,30?,32-,33+,34+,35-,36-,37+,38?/m0/s1. The van der Waals surface area contributed by atoms with Crippen molar-refractivity contribution in [2.75, 3.05) is 0 Å². The first-order valence-electron chi connectivity index (χ1n) is 16.5. The second-order valence-corrected chi connectivity index (χ2v) is 13.9. The average molecular weight is 581 g/mol. The quantitative estimate of drug-likeness (QED) is 0.259. The minimum Gasteiger partial charge on any atom is -0.368 e. The molecule has 0 N–H and O–H groups in total. The van der Waals surface area contributed by atoms with Gasteiger partial charge in [-0.15, -0.1) is 0 Å². The van der Waals surface area contributed by atoms with E-state index < -0.39 is 12.4 Å². The van der Waals surface area contributed by atoms with Gasteiger partial charge in [0.1, 0.15) is 18.3 Å². The van der Waals surface area contributed by atoms with Crippen LogP contribution in [0.25, 0.3) is 0 Å². The molecule has 6 aliphatic rings. The van der Waals surface area contributed by atoms with Gasteiger partial charge in [-0.05, 0) is 85.8 Å². The molecule has 0 amide bonds. The molecule has 9 rings (SSSR count). The number of fused-ring (bicyclic) bond motifs is 1. The normalized spacial score (nSPS) is 38.1. The Morgan fingerprint density at radius 2 is 1.14 bits per heavy atom. The lowest BCUT2D eigenvalue weighted by molar-refractivity contribution is -0.365. The van der Waals surface area contributed by atoms with Crippen LogP contribution >= 0.6 is 0 Å². The molecule has 0 aromatic heterocycles. The third-order valence-electron chi connectivity index (χ3n) is 10.7. The van der Waals surface area contributed by atoms with Gasteiger partial charge in [0.25, 0.3) is 0 Å². The molecule has 0 unspecified atom stereocenters. The molecule has 2 saturated heterocycles. The smallest absolute Gasteiger partial charge is 0.187 e. The van der Waals surface area contributed by atoms with Crippen molar-refractivity contribution in [1.82, 2.24) is 0 Å². The zero-order chi connectivity index (χ0) is 28.6. The molecule has 6 atom stereocenters. The molecular formula is C38H44O5. The topological polar surface area (TPSA) is 46.2 Å². The second-order valence-electron chi connectivity index (χ2n) is 13.9. The Bertz CT molecular complexity index is 1290. The first-order valence-corrected chi connectivity index (χ1v) is 16.5. The Labute approximate surface area is 255 Å². The molecule has 2 aliphatic heterocycles. The minimum atomic E-state index is -0.487. The monoisotopic (exact) mass is 580 g/mol. The number of hydrogen-bond donors (Lipinski definition) is 0. The summed E-state index contributed by atoms with van der Waals surface area (Å²) in [6.07, 6.45) is 7.85. The highest BCUT2D eigenvalue weighted by molar-refractivity contribution is 5.19.